The predicted molar refractivity (Wildman–Crippen MR) is 153 cm³/mol. The van der Waals surface area contributed by atoms with Crippen molar-refractivity contribution in [1.82, 2.24) is 19.5 Å². The molecule has 2 aromatic heterocycles. The molecule has 0 aliphatic carbocycles. The van der Waals surface area contributed by atoms with Crippen LogP contribution in [0.2, 0.25) is 0 Å². The number of ether oxygens (including phenoxy) is 1. The van der Waals surface area contributed by atoms with Gasteiger partial charge in [-0.2, -0.15) is 20.1 Å². The summed E-state index contributed by atoms with van der Waals surface area (Å²) in [5, 5.41) is 5.68. The minimum Gasteiger partial charge on any atom is -0.491 e. The molecule has 0 unspecified atom stereocenters. The fraction of sp³-hybridized carbons (Fsp3) is 0.379. The number of aryl methyl sites for hydroxylation is 1. The molecule has 196 valence electrons. The molecule has 2 saturated heterocycles. The van der Waals surface area contributed by atoms with Crippen molar-refractivity contribution in [3.63, 3.8) is 0 Å². The SMILES string of the molecule is Cc1ccccc1OCCn1cc(/C=N\Nc2nc(N3CCCC3)nc(N3CCCC3)n2)c2ccccc21. The Labute approximate surface area is 223 Å². The summed E-state index contributed by atoms with van der Waals surface area (Å²) in [5.41, 5.74) is 6.40. The summed E-state index contributed by atoms with van der Waals surface area (Å²) < 4.78 is 8.26. The van der Waals surface area contributed by atoms with Gasteiger partial charge < -0.3 is 19.1 Å². The number of aromatic nitrogens is 4. The van der Waals surface area contributed by atoms with Gasteiger partial charge in [0.1, 0.15) is 12.4 Å². The first-order chi connectivity index (χ1) is 18.7. The van der Waals surface area contributed by atoms with E-state index in [4.69, 9.17) is 19.7 Å². The largest absolute Gasteiger partial charge is 0.491 e. The van der Waals surface area contributed by atoms with Crippen LogP contribution in [0.3, 0.4) is 0 Å². The Morgan fingerprint density at radius 1 is 0.868 bits per heavy atom. The molecule has 0 radical (unpaired) electrons. The molecule has 9 nitrogen and oxygen atoms in total. The smallest absolute Gasteiger partial charge is 0.250 e. The number of benzene rings is 2. The van der Waals surface area contributed by atoms with E-state index >= 15 is 0 Å². The van der Waals surface area contributed by atoms with Crippen LogP contribution in [0.4, 0.5) is 17.8 Å². The van der Waals surface area contributed by atoms with Gasteiger partial charge in [-0.1, -0.05) is 36.4 Å². The molecule has 2 aliphatic heterocycles. The summed E-state index contributed by atoms with van der Waals surface area (Å²) in [7, 11) is 0. The van der Waals surface area contributed by atoms with Gasteiger partial charge >= 0.3 is 0 Å². The van der Waals surface area contributed by atoms with Crippen LogP contribution >= 0.6 is 0 Å². The monoisotopic (exact) mass is 510 g/mol. The van der Waals surface area contributed by atoms with Crippen LogP contribution < -0.4 is 20.0 Å². The zero-order valence-corrected chi connectivity index (χ0v) is 21.9. The van der Waals surface area contributed by atoms with Crippen LogP contribution in [-0.4, -0.2) is 58.5 Å². The standard InChI is InChI=1S/C29H34N8O/c1-22-10-2-5-13-26(22)38-19-18-37-21-23(24-11-3-4-12-25(24)37)20-30-34-27-31-28(35-14-6-7-15-35)33-29(32-27)36-16-8-9-17-36/h2-5,10-13,20-21H,6-9,14-19H2,1H3,(H,31,32,33,34)/b30-20-. The van der Waals surface area contributed by atoms with E-state index in [9.17, 15) is 0 Å². The van der Waals surface area contributed by atoms with Crippen LogP contribution in [0.5, 0.6) is 5.75 Å². The van der Waals surface area contributed by atoms with E-state index < -0.39 is 0 Å². The Morgan fingerprint density at radius 2 is 1.53 bits per heavy atom. The van der Waals surface area contributed by atoms with Crippen LogP contribution in [0, 0.1) is 6.92 Å². The van der Waals surface area contributed by atoms with E-state index in [2.05, 4.69) is 68.3 Å². The molecule has 1 N–H and O–H groups in total. The fourth-order valence-corrected chi connectivity index (χ4v) is 5.22. The number of hydrogen-bond acceptors (Lipinski definition) is 8. The number of anilines is 3. The average molecular weight is 511 g/mol. The molecule has 0 spiro atoms. The van der Waals surface area contributed by atoms with Gasteiger partial charge in [-0.3, -0.25) is 0 Å². The lowest BCUT2D eigenvalue weighted by molar-refractivity contribution is 0.298. The summed E-state index contributed by atoms with van der Waals surface area (Å²) in [5.74, 6) is 2.88. The van der Waals surface area contributed by atoms with Gasteiger partial charge in [-0.15, -0.1) is 0 Å². The molecule has 0 atom stereocenters. The molecule has 2 fully saturated rings. The quantitative estimate of drug-likeness (QED) is 0.254. The van der Waals surface area contributed by atoms with Crippen molar-refractivity contribution in [3.05, 3.63) is 65.9 Å². The number of hydrogen-bond donors (Lipinski definition) is 1. The highest BCUT2D eigenvalue weighted by atomic mass is 16.5. The summed E-state index contributed by atoms with van der Waals surface area (Å²) in [6.45, 7) is 7.33. The lowest BCUT2D eigenvalue weighted by Gasteiger charge is -2.20. The first-order valence-corrected chi connectivity index (χ1v) is 13.6. The lowest BCUT2D eigenvalue weighted by Crippen LogP contribution is -2.25. The highest BCUT2D eigenvalue weighted by molar-refractivity contribution is 5.99. The molecule has 0 bridgehead atoms. The van der Waals surface area contributed by atoms with Crippen LogP contribution in [-0.2, 0) is 6.54 Å². The van der Waals surface area contributed by atoms with Crippen molar-refractivity contribution in [2.75, 3.05) is 48.0 Å². The third-order valence-electron chi connectivity index (χ3n) is 7.26. The van der Waals surface area contributed by atoms with E-state index in [0.29, 0.717) is 12.6 Å². The fourth-order valence-electron chi connectivity index (χ4n) is 5.22. The van der Waals surface area contributed by atoms with E-state index in [-0.39, 0.29) is 0 Å². The predicted octanol–water partition coefficient (Wildman–Crippen LogP) is 4.86. The maximum atomic E-state index is 6.05. The minimum absolute atomic E-state index is 0.482. The second kappa shape index (κ2) is 11.1. The van der Waals surface area contributed by atoms with Gasteiger partial charge in [0.05, 0.1) is 12.8 Å². The minimum atomic E-state index is 0.482. The molecule has 2 aliphatic rings. The summed E-state index contributed by atoms with van der Waals surface area (Å²) in [6.07, 6.45) is 8.65. The number of nitrogens with zero attached hydrogens (tertiary/aromatic N) is 7. The van der Waals surface area contributed by atoms with Gasteiger partial charge in [-0.25, -0.2) is 5.43 Å². The first-order valence-electron chi connectivity index (χ1n) is 13.6. The average Bonchev–Trinajstić information content (AvgIpc) is 3.72. The van der Waals surface area contributed by atoms with E-state index in [0.717, 1.165) is 72.4 Å². The third-order valence-corrected chi connectivity index (χ3v) is 7.26. The van der Waals surface area contributed by atoms with Crippen molar-refractivity contribution < 1.29 is 4.74 Å². The van der Waals surface area contributed by atoms with E-state index in [1.807, 2.05) is 24.4 Å². The van der Waals surface area contributed by atoms with E-state index in [1.54, 1.807) is 0 Å². The Morgan fingerprint density at radius 3 is 2.24 bits per heavy atom. The van der Waals surface area contributed by atoms with Gasteiger partial charge in [-0.05, 0) is 50.3 Å². The maximum Gasteiger partial charge on any atom is 0.250 e. The normalized spacial score (nSPS) is 15.7. The molecule has 0 saturated carbocycles. The molecule has 9 heteroatoms. The van der Waals surface area contributed by atoms with Crippen molar-refractivity contribution in [2.45, 2.75) is 39.2 Å². The summed E-state index contributed by atoms with van der Waals surface area (Å²) in [4.78, 5) is 18.6. The zero-order valence-electron chi connectivity index (χ0n) is 21.9. The Balaban J connectivity index is 1.19. The molecule has 4 heterocycles. The molecular formula is C29H34N8O. The second-order valence-corrected chi connectivity index (χ2v) is 9.93. The highest BCUT2D eigenvalue weighted by Crippen LogP contribution is 2.24. The Bertz CT molecular complexity index is 1390. The number of para-hydroxylation sites is 2. The van der Waals surface area contributed by atoms with Crippen molar-refractivity contribution >= 4 is 35.0 Å². The number of hydrazone groups is 1. The van der Waals surface area contributed by atoms with Gasteiger partial charge in [0.15, 0.2) is 0 Å². The topological polar surface area (TPSA) is 83.7 Å². The maximum absolute atomic E-state index is 6.05. The number of rotatable bonds is 9. The second-order valence-electron chi connectivity index (χ2n) is 9.93. The Hall–Kier alpha value is -4.14. The van der Waals surface area contributed by atoms with Crippen molar-refractivity contribution in [2.24, 2.45) is 5.10 Å². The van der Waals surface area contributed by atoms with Crippen LogP contribution in [0.15, 0.2) is 59.8 Å². The number of fused-ring (bicyclic) bond motifs is 1. The van der Waals surface area contributed by atoms with E-state index in [1.165, 1.54) is 25.7 Å². The lowest BCUT2D eigenvalue weighted by atomic mass is 10.2. The molecule has 6 rings (SSSR count). The number of nitrogens with one attached hydrogen (secondary N) is 1. The highest BCUT2D eigenvalue weighted by Gasteiger charge is 2.21. The van der Waals surface area contributed by atoms with Crippen LogP contribution in [0.25, 0.3) is 10.9 Å². The molecule has 38 heavy (non-hydrogen) atoms. The third kappa shape index (κ3) is 5.27. The van der Waals surface area contributed by atoms with Crippen LogP contribution in [0.1, 0.15) is 36.8 Å². The van der Waals surface area contributed by atoms with Gasteiger partial charge in [0, 0.05) is 48.8 Å². The Kier molecular flexibility index (Phi) is 7.06. The summed E-state index contributed by atoms with van der Waals surface area (Å²) in [6, 6.07) is 16.5. The first kappa shape index (κ1) is 24.2. The van der Waals surface area contributed by atoms with Gasteiger partial charge in [0.25, 0.3) is 0 Å². The molecule has 2 aromatic carbocycles. The van der Waals surface area contributed by atoms with Crippen molar-refractivity contribution in [1.29, 1.82) is 0 Å². The van der Waals surface area contributed by atoms with Gasteiger partial charge in [0.2, 0.25) is 17.8 Å². The zero-order chi connectivity index (χ0) is 25.7. The molecule has 0 amide bonds. The molecule has 4 aromatic rings. The van der Waals surface area contributed by atoms with Crippen molar-refractivity contribution in [3.8, 4) is 5.75 Å². The molecular weight excluding hydrogens is 476 g/mol. The summed E-state index contributed by atoms with van der Waals surface area (Å²) >= 11 is 0.